The maximum atomic E-state index is 2.69. The van der Waals surface area contributed by atoms with Crippen molar-refractivity contribution in [3.05, 3.63) is 347 Å². The summed E-state index contributed by atoms with van der Waals surface area (Å²) >= 11 is 0. The van der Waals surface area contributed by atoms with Crippen LogP contribution in [0.4, 0.5) is 68.2 Å². The molecule has 4 aliphatic rings. The SMILES string of the molecule is Cc1cc(-c2ccccc2)c(N2c3ccc(C(C)(C)Cc4ccccc4-c4cc(C(C)(C)C)cc(-c5ccccc5)c4N4c5ccccc5B5c6cc(C(C)(C)C)ccc6N(c6ccc(C(C)(C)C)cc6)c6cccc4c65)cc3B3c4cc(C(C)(C)C)ccc4N(c4ccc(C(C)(C)C)cc4)c4cccc2c43)c(-c2ccc(C(C)(C)C)cc2)c1. The first-order valence-electron chi connectivity index (χ1n) is 43.3. The smallest absolute Gasteiger partial charge is 0.252 e. The molecule has 18 rings (SSSR count). The van der Waals surface area contributed by atoms with E-state index in [2.05, 4.69) is 462 Å². The van der Waals surface area contributed by atoms with Crippen LogP contribution in [-0.2, 0) is 44.3 Å². The van der Waals surface area contributed by atoms with Crippen LogP contribution >= 0.6 is 0 Å². The van der Waals surface area contributed by atoms with Gasteiger partial charge in [0.05, 0.1) is 11.4 Å². The first-order chi connectivity index (χ1) is 56.5. The molecule has 0 atom stereocenters. The van der Waals surface area contributed by atoms with Crippen molar-refractivity contribution >= 4 is 114 Å². The van der Waals surface area contributed by atoms with E-state index < -0.39 is 5.41 Å². The lowest BCUT2D eigenvalue weighted by Gasteiger charge is -2.45. The van der Waals surface area contributed by atoms with Gasteiger partial charge in [0.15, 0.2) is 0 Å². The fraction of sp³-hybridized carbons (Fsp3) is 0.257. The molecule has 6 heteroatoms. The van der Waals surface area contributed by atoms with E-state index in [-0.39, 0.29) is 45.9 Å². The van der Waals surface area contributed by atoms with Crippen LogP contribution < -0.4 is 52.4 Å². The number of hydrogen-bond acceptors (Lipinski definition) is 4. The number of para-hydroxylation sites is 1. The molecule has 4 nitrogen and oxygen atoms in total. The van der Waals surface area contributed by atoms with Gasteiger partial charge in [-0.1, -0.05) is 339 Å². The molecule has 14 aromatic rings. The van der Waals surface area contributed by atoms with E-state index in [1.807, 2.05) is 0 Å². The Morgan fingerprint density at radius 1 is 0.227 bits per heavy atom. The van der Waals surface area contributed by atoms with Gasteiger partial charge in [-0.05, 0) is 253 Å². The fourth-order valence-electron chi connectivity index (χ4n) is 19.5. The average molecular weight is 1550 g/mol. The number of benzene rings is 14. The maximum absolute atomic E-state index is 2.69. The third-order valence-corrected chi connectivity index (χ3v) is 26.2. The van der Waals surface area contributed by atoms with Crippen molar-refractivity contribution < 1.29 is 0 Å². The normalized spacial score (nSPS) is 13.9. The minimum atomic E-state index is -0.429. The third-order valence-electron chi connectivity index (χ3n) is 26.2. The Morgan fingerprint density at radius 3 is 1.00 bits per heavy atom. The summed E-state index contributed by atoms with van der Waals surface area (Å²) in [7, 11) is 0. The quantitative estimate of drug-likeness (QED) is 0.120. The zero-order valence-electron chi connectivity index (χ0n) is 73.9. The van der Waals surface area contributed by atoms with Crippen molar-refractivity contribution in [3.63, 3.8) is 0 Å². The molecule has 119 heavy (non-hydrogen) atoms. The highest BCUT2D eigenvalue weighted by molar-refractivity contribution is 7.01. The molecule has 0 amide bonds. The molecule has 14 aromatic carbocycles. The van der Waals surface area contributed by atoms with Gasteiger partial charge in [-0.25, -0.2) is 0 Å². The summed E-state index contributed by atoms with van der Waals surface area (Å²) in [5.41, 5.74) is 42.4. The van der Waals surface area contributed by atoms with E-state index in [1.54, 1.807) is 0 Å². The summed E-state index contributed by atoms with van der Waals surface area (Å²) in [6.45, 7) is 49.3. The second-order valence-electron chi connectivity index (χ2n) is 41.3. The highest BCUT2D eigenvalue weighted by atomic mass is 15.2. The summed E-state index contributed by atoms with van der Waals surface area (Å²) in [5.74, 6) is 0. The van der Waals surface area contributed by atoms with Gasteiger partial charge in [0.2, 0.25) is 0 Å². The zero-order valence-corrected chi connectivity index (χ0v) is 73.9. The molecular formula is C113H114B2N4. The fourth-order valence-corrected chi connectivity index (χ4v) is 19.5. The van der Waals surface area contributed by atoms with Crippen molar-refractivity contribution in [1.82, 2.24) is 0 Å². The van der Waals surface area contributed by atoms with Crippen molar-refractivity contribution in [2.24, 2.45) is 0 Å². The number of aryl methyl sites for hydroxylation is 1. The van der Waals surface area contributed by atoms with Crippen molar-refractivity contribution in [2.45, 2.75) is 190 Å². The van der Waals surface area contributed by atoms with Gasteiger partial charge in [-0.15, -0.1) is 0 Å². The van der Waals surface area contributed by atoms with Crippen LogP contribution in [0.5, 0.6) is 0 Å². The van der Waals surface area contributed by atoms with Gasteiger partial charge in [0.25, 0.3) is 13.4 Å². The van der Waals surface area contributed by atoms with Gasteiger partial charge < -0.3 is 19.6 Å². The lowest BCUT2D eigenvalue weighted by atomic mass is 9.33. The second-order valence-corrected chi connectivity index (χ2v) is 41.3. The van der Waals surface area contributed by atoms with Gasteiger partial charge in [-0.2, -0.15) is 0 Å². The molecule has 4 heterocycles. The first kappa shape index (κ1) is 78.6. The number of rotatable bonds is 11. The predicted octanol–water partition coefficient (Wildman–Crippen LogP) is 27.1. The first-order valence-corrected chi connectivity index (χ1v) is 43.3. The Kier molecular flexibility index (Phi) is 18.9. The lowest BCUT2D eigenvalue weighted by molar-refractivity contribution is 0.523. The predicted molar refractivity (Wildman–Crippen MR) is 516 cm³/mol. The van der Waals surface area contributed by atoms with Crippen LogP contribution in [0.2, 0.25) is 0 Å². The Balaban J connectivity index is 0.861. The minimum absolute atomic E-state index is 0.000190. The highest BCUT2D eigenvalue weighted by Gasteiger charge is 2.48. The standard InChI is InChI=1S/C113H114B2N4/c1-72-64-87(73-34-24-22-25-35-73)105(88(65-72)75-46-48-77(49-47-75)107(2,3)4)119-98-63-56-82(70-94(98)115-93-69-81(111(14,15)16)55-62-97(93)117(100-43-33-45-102(119)104(100)115)85-59-52-79(53-60-85)109(8,9)10)113(20,21)71-76-38-28-29-39-86(76)90-67-83(112(17,18)19)66-89(74-36-26-23-27-37-74)106(90)118-95-41-31-30-40-91(95)114-92-68-80(110(11,12)13)54-61-96(92)116(99-42-32-44-101(118)103(99)114)84-57-50-78(51-58-84)108(5,6)7/h22-70H,71H2,1-21H3. The van der Waals surface area contributed by atoms with E-state index in [0.29, 0.717) is 0 Å². The average Bonchev–Trinajstić information content (AvgIpc) is 0.695. The van der Waals surface area contributed by atoms with Crippen molar-refractivity contribution in [1.29, 1.82) is 0 Å². The highest BCUT2D eigenvalue weighted by Crippen LogP contribution is 2.55. The number of anilines is 12. The Hall–Kier alpha value is -11.6. The van der Waals surface area contributed by atoms with Gasteiger partial charge in [0.1, 0.15) is 0 Å². The van der Waals surface area contributed by atoms with Crippen LogP contribution in [0.3, 0.4) is 0 Å². The van der Waals surface area contributed by atoms with Crippen LogP contribution in [0.25, 0.3) is 44.5 Å². The molecular weight excluding hydrogens is 1430 g/mol. The molecule has 592 valence electrons. The van der Waals surface area contributed by atoms with Gasteiger partial charge in [0, 0.05) is 79.1 Å². The molecule has 0 aromatic heterocycles. The van der Waals surface area contributed by atoms with E-state index >= 15 is 0 Å². The molecule has 0 saturated carbocycles. The molecule has 4 aliphatic heterocycles. The van der Waals surface area contributed by atoms with E-state index in [0.717, 1.165) is 17.8 Å². The van der Waals surface area contributed by atoms with Crippen LogP contribution in [0.1, 0.15) is 189 Å². The molecule has 0 N–H and O–H groups in total. The van der Waals surface area contributed by atoms with Crippen LogP contribution in [0.15, 0.2) is 297 Å². The van der Waals surface area contributed by atoms with Crippen molar-refractivity contribution in [2.75, 3.05) is 19.6 Å². The lowest BCUT2D eigenvalue weighted by Crippen LogP contribution is -2.61. The summed E-state index contributed by atoms with van der Waals surface area (Å²) in [4.78, 5) is 10.5. The number of hydrogen-bond donors (Lipinski definition) is 0. The Bertz CT molecular complexity index is 6300. The topological polar surface area (TPSA) is 13.0 Å². The molecule has 0 fully saturated rings. The summed E-state index contributed by atoms with van der Waals surface area (Å²) < 4.78 is 0. The molecule has 0 radical (unpaired) electrons. The minimum Gasteiger partial charge on any atom is -0.311 e. The summed E-state index contributed by atoms with van der Waals surface area (Å²) in [6.07, 6.45) is 0.751. The van der Waals surface area contributed by atoms with Crippen molar-refractivity contribution in [3.8, 4) is 44.5 Å². The summed E-state index contributed by atoms with van der Waals surface area (Å²) in [5, 5.41) is 0. The van der Waals surface area contributed by atoms with E-state index in [9.17, 15) is 0 Å². The van der Waals surface area contributed by atoms with E-state index in [4.69, 9.17) is 0 Å². The van der Waals surface area contributed by atoms with E-state index in [1.165, 1.54) is 184 Å². The number of nitrogens with zero attached hydrogens (tertiary/aromatic N) is 4. The van der Waals surface area contributed by atoms with Crippen LogP contribution in [-0.4, -0.2) is 13.4 Å². The second kappa shape index (κ2) is 28.6. The molecule has 0 aliphatic carbocycles. The molecule has 0 unspecified atom stereocenters. The van der Waals surface area contributed by atoms with Gasteiger partial charge in [-0.3, -0.25) is 0 Å². The monoisotopic (exact) mass is 1550 g/mol. The maximum Gasteiger partial charge on any atom is 0.252 e. The zero-order chi connectivity index (χ0) is 83.5. The molecule has 0 saturated heterocycles. The summed E-state index contributed by atoms with van der Waals surface area (Å²) in [6, 6.07) is 116. The Morgan fingerprint density at radius 2 is 0.546 bits per heavy atom. The van der Waals surface area contributed by atoms with Gasteiger partial charge >= 0.3 is 0 Å². The Labute approximate surface area is 710 Å². The van der Waals surface area contributed by atoms with Crippen LogP contribution in [0, 0.1) is 6.92 Å². The number of fused-ring (bicyclic) bond motifs is 8. The third kappa shape index (κ3) is 13.8. The molecule has 0 spiro atoms. The molecule has 0 bridgehead atoms. The largest absolute Gasteiger partial charge is 0.311 e.